The Kier molecular flexibility index (Phi) is 5.30. The molecule has 0 radical (unpaired) electrons. The van der Waals surface area contributed by atoms with Crippen LogP contribution in [0.4, 0.5) is 10.5 Å². The Morgan fingerprint density at radius 1 is 1.22 bits per heavy atom. The van der Waals surface area contributed by atoms with Crippen LogP contribution in [-0.4, -0.2) is 41.0 Å². The third-order valence-corrected chi connectivity index (χ3v) is 3.96. The minimum absolute atomic E-state index is 0.0459. The molecule has 0 spiro atoms. The van der Waals surface area contributed by atoms with Crippen molar-refractivity contribution in [1.82, 2.24) is 15.3 Å². The maximum atomic E-state index is 12.5. The van der Waals surface area contributed by atoms with Gasteiger partial charge in [0.1, 0.15) is 11.8 Å². The fraction of sp³-hybridized carbons (Fsp3) is 0.278. The number of amides is 3. The van der Waals surface area contributed by atoms with E-state index in [1.165, 1.54) is 7.11 Å². The molecule has 3 rings (SSSR count). The van der Waals surface area contributed by atoms with Gasteiger partial charge in [-0.3, -0.25) is 9.59 Å². The van der Waals surface area contributed by atoms with Gasteiger partial charge in [-0.05, 0) is 43.7 Å². The third-order valence-electron chi connectivity index (χ3n) is 3.96. The number of rotatable bonds is 6. The number of anilines is 1. The smallest absolute Gasteiger partial charge is 0.329 e. The van der Waals surface area contributed by atoms with Gasteiger partial charge in [-0.1, -0.05) is 0 Å². The predicted octanol–water partition coefficient (Wildman–Crippen LogP) is 1.96. The highest BCUT2D eigenvalue weighted by molar-refractivity contribution is 6.21. The fourth-order valence-electron chi connectivity index (χ4n) is 2.58. The number of nitrogens with one attached hydrogen (secondary N) is 1. The van der Waals surface area contributed by atoms with E-state index >= 15 is 0 Å². The molecule has 0 aliphatic carbocycles. The van der Waals surface area contributed by atoms with Crippen molar-refractivity contribution in [1.29, 1.82) is 0 Å². The van der Waals surface area contributed by atoms with Gasteiger partial charge in [0.2, 0.25) is 0 Å². The lowest BCUT2D eigenvalue weighted by atomic mass is 10.1. The lowest BCUT2D eigenvalue weighted by molar-refractivity contribution is -0.140. The minimum Gasteiger partial charge on any atom is -0.469 e. The molecular formula is C18H18N4O5. The monoisotopic (exact) mass is 370 g/mol. The standard InChI is InChI=1S/C18H18N4O5/c1-11-9-10-19-17(20-11)27-13-5-3-12(4-6-13)22-16(24)14(21-18(22)25)7-8-15(23)26-2/h3-6,9-10,14H,7-8H2,1-2H3,(H,21,25)/t14-/m1/s1. The second-order valence-electron chi connectivity index (χ2n) is 5.87. The van der Waals surface area contributed by atoms with Crippen LogP contribution in [0.15, 0.2) is 36.5 Å². The van der Waals surface area contributed by atoms with E-state index in [4.69, 9.17) is 4.74 Å². The summed E-state index contributed by atoms with van der Waals surface area (Å²) in [6.45, 7) is 1.83. The molecule has 140 valence electrons. The number of carbonyl (C=O) groups is 3. The van der Waals surface area contributed by atoms with Gasteiger partial charge in [0.05, 0.1) is 12.8 Å². The number of ether oxygens (including phenoxy) is 2. The van der Waals surface area contributed by atoms with Gasteiger partial charge in [0.25, 0.3) is 5.91 Å². The Bertz CT molecular complexity index is 868. The first-order valence-corrected chi connectivity index (χ1v) is 8.27. The number of methoxy groups -OCH3 is 1. The van der Waals surface area contributed by atoms with Crippen molar-refractivity contribution in [2.24, 2.45) is 0 Å². The first-order chi connectivity index (χ1) is 13.0. The lowest BCUT2D eigenvalue weighted by Crippen LogP contribution is -2.31. The molecule has 1 atom stereocenters. The minimum atomic E-state index is -0.756. The summed E-state index contributed by atoms with van der Waals surface area (Å²) in [7, 11) is 1.27. The highest BCUT2D eigenvalue weighted by Crippen LogP contribution is 2.25. The zero-order valence-electron chi connectivity index (χ0n) is 14.8. The predicted molar refractivity (Wildman–Crippen MR) is 94.3 cm³/mol. The summed E-state index contributed by atoms with van der Waals surface area (Å²) in [5.41, 5.74) is 1.17. The van der Waals surface area contributed by atoms with Crippen LogP contribution >= 0.6 is 0 Å². The van der Waals surface area contributed by atoms with Crippen LogP contribution in [0.3, 0.4) is 0 Å². The van der Waals surface area contributed by atoms with E-state index < -0.39 is 23.9 Å². The number of benzene rings is 1. The van der Waals surface area contributed by atoms with E-state index in [9.17, 15) is 14.4 Å². The van der Waals surface area contributed by atoms with Crippen molar-refractivity contribution in [3.63, 3.8) is 0 Å². The van der Waals surface area contributed by atoms with Crippen molar-refractivity contribution < 1.29 is 23.9 Å². The van der Waals surface area contributed by atoms with Gasteiger partial charge in [0.15, 0.2) is 0 Å². The highest BCUT2D eigenvalue weighted by Gasteiger charge is 2.39. The molecule has 1 N–H and O–H groups in total. The summed E-state index contributed by atoms with van der Waals surface area (Å²) in [5, 5.41) is 2.57. The Hall–Kier alpha value is -3.49. The molecule has 1 fully saturated rings. The SMILES string of the molecule is COC(=O)CC[C@H]1NC(=O)N(c2ccc(Oc3nccc(C)n3)cc2)C1=O. The number of aromatic nitrogens is 2. The number of hydrogen-bond acceptors (Lipinski definition) is 7. The molecule has 1 saturated heterocycles. The van der Waals surface area contributed by atoms with Gasteiger partial charge in [-0.15, -0.1) is 0 Å². The zero-order chi connectivity index (χ0) is 19.4. The summed E-state index contributed by atoms with van der Waals surface area (Å²) in [6, 6.07) is 7.08. The van der Waals surface area contributed by atoms with Gasteiger partial charge in [-0.2, -0.15) is 0 Å². The number of nitrogens with zero attached hydrogens (tertiary/aromatic N) is 3. The molecular weight excluding hydrogens is 352 g/mol. The molecule has 1 aliphatic rings. The Morgan fingerprint density at radius 2 is 1.96 bits per heavy atom. The molecule has 0 bridgehead atoms. The molecule has 3 amide bonds. The third kappa shape index (κ3) is 4.20. The molecule has 1 aliphatic heterocycles. The molecule has 1 aromatic carbocycles. The zero-order valence-corrected chi connectivity index (χ0v) is 14.8. The summed E-state index contributed by atoms with van der Waals surface area (Å²) >= 11 is 0. The molecule has 2 aromatic rings. The van der Waals surface area contributed by atoms with E-state index in [0.29, 0.717) is 11.4 Å². The van der Waals surface area contributed by atoms with Crippen molar-refractivity contribution in [2.45, 2.75) is 25.8 Å². The fourth-order valence-corrected chi connectivity index (χ4v) is 2.58. The molecule has 9 heteroatoms. The van der Waals surface area contributed by atoms with Crippen LogP contribution in [0.2, 0.25) is 0 Å². The number of carbonyl (C=O) groups excluding carboxylic acids is 3. The highest BCUT2D eigenvalue weighted by atomic mass is 16.5. The van der Waals surface area contributed by atoms with Crippen molar-refractivity contribution in [3.05, 3.63) is 42.2 Å². The van der Waals surface area contributed by atoms with Gasteiger partial charge in [-0.25, -0.2) is 19.7 Å². The Balaban J connectivity index is 1.68. The summed E-state index contributed by atoms with van der Waals surface area (Å²) in [6.07, 6.45) is 1.82. The Labute approximate surface area is 155 Å². The number of esters is 1. The molecule has 2 heterocycles. The lowest BCUT2D eigenvalue weighted by Gasteiger charge is -2.13. The van der Waals surface area contributed by atoms with Crippen LogP contribution in [0.5, 0.6) is 11.8 Å². The van der Waals surface area contributed by atoms with E-state index in [1.807, 2.05) is 6.92 Å². The second-order valence-corrected chi connectivity index (χ2v) is 5.87. The van der Waals surface area contributed by atoms with E-state index in [1.54, 1.807) is 36.5 Å². The molecule has 1 aromatic heterocycles. The summed E-state index contributed by atoms with van der Waals surface area (Å²) < 4.78 is 10.1. The van der Waals surface area contributed by atoms with E-state index in [2.05, 4.69) is 20.0 Å². The number of hydrogen-bond donors (Lipinski definition) is 1. The quantitative estimate of drug-likeness (QED) is 0.611. The van der Waals surface area contributed by atoms with Crippen molar-refractivity contribution in [3.8, 4) is 11.8 Å². The molecule has 0 unspecified atom stereocenters. The first-order valence-electron chi connectivity index (χ1n) is 8.27. The van der Waals surface area contributed by atoms with Crippen molar-refractivity contribution in [2.75, 3.05) is 12.0 Å². The average molecular weight is 370 g/mol. The normalized spacial score (nSPS) is 16.2. The van der Waals surface area contributed by atoms with E-state index in [0.717, 1.165) is 10.6 Å². The van der Waals surface area contributed by atoms with Gasteiger partial charge in [0, 0.05) is 18.3 Å². The molecule has 9 nitrogen and oxygen atoms in total. The average Bonchev–Trinajstić information content (AvgIpc) is 2.94. The number of aryl methyl sites for hydroxylation is 1. The second kappa shape index (κ2) is 7.81. The topological polar surface area (TPSA) is 111 Å². The maximum absolute atomic E-state index is 12.5. The number of imide groups is 1. The molecule has 0 saturated carbocycles. The summed E-state index contributed by atoms with van der Waals surface area (Å²) in [4.78, 5) is 45.0. The summed E-state index contributed by atoms with van der Waals surface area (Å²) in [5.74, 6) is -0.381. The van der Waals surface area contributed by atoms with Crippen LogP contribution in [0.1, 0.15) is 18.5 Å². The first kappa shape index (κ1) is 18.3. The van der Waals surface area contributed by atoms with Crippen LogP contribution in [-0.2, 0) is 14.3 Å². The molecule has 27 heavy (non-hydrogen) atoms. The van der Waals surface area contributed by atoms with Gasteiger partial charge >= 0.3 is 18.0 Å². The largest absolute Gasteiger partial charge is 0.469 e. The van der Waals surface area contributed by atoms with E-state index in [-0.39, 0.29) is 18.9 Å². The van der Waals surface area contributed by atoms with Crippen LogP contribution < -0.4 is 15.0 Å². The maximum Gasteiger partial charge on any atom is 0.329 e. The van der Waals surface area contributed by atoms with Gasteiger partial charge < -0.3 is 14.8 Å². The van der Waals surface area contributed by atoms with Crippen molar-refractivity contribution >= 4 is 23.6 Å². The van der Waals surface area contributed by atoms with Crippen LogP contribution in [0.25, 0.3) is 0 Å². The number of urea groups is 1. The Morgan fingerprint density at radius 3 is 2.63 bits per heavy atom. The van der Waals surface area contributed by atoms with Crippen LogP contribution in [0, 0.1) is 6.92 Å².